The molecule has 0 unspecified atom stereocenters. The van der Waals surface area contributed by atoms with E-state index in [4.69, 9.17) is 18.9 Å². The van der Waals surface area contributed by atoms with Gasteiger partial charge in [-0.3, -0.25) is 4.90 Å². The Morgan fingerprint density at radius 1 is 1.18 bits per heavy atom. The van der Waals surface area contributed by atoms with Crippen molar-refractivity contribution in [2.45, 2.75) is 19.8 Å². The smallest absolute Gasteiger partial charge is 0.163 e. The number of ether oxygens (including phenoxy) is 4. The molecule has 0 spiro atoms. The van der Waals surface area contributed by atoms with Gasteiger partial charge in [0.25, 0.3) is 0 Å². The fraction of sp³-hybridized carbons (Fsp3) is 0.560. The lowest BCUT2D eigenvalue weighted by molar-refractivity contribution is 0.0321. The average molecular weight is 459 g/mol. The monoisotopic (exact) mass is 458 g/mol. The third kappa shape index (κ3) is 9.07. The highest BCUT2D eigenvalue weighted by Gasteiger charge is 2.13. The lowest BCUT2D eigenvalue weighted by Crippen LogP contribution is -2.38. The molecule has 0 atom stereocenters. The summed E-state index contributed by atoms with van der Waals surface area (Å²) < 4.78 is 22.3. The fourth-order valence-corrected chi connectivity index (χ4v) is 3.74. The summed E-state index contributed by atoms with van der Waals surface area (Å²) in [6.45, 7) is 13.5. The summed E-state index contributed by atoms with van der Waals surface area (Å²) in [6.07, 6.45) is 5.85. The molecule has 2 saturated heterocycles. The molecule has 0 aromatic heterocycles. The molecule has 2 fully saturated rings. The van der Waals surface area contributed by atoms with Gasteiger partial charge in [-0.1, -0.05) is 6.58 Å². The van der Waals surface area contributed by atoms with Crippen LogP contribution in [0.2, 0.25) is 0 Å². The molecule has 0 radical (unpaired) electrons. The van der Waals surface area contributed by atoms with Crippen molar-refractivity contribution in [2.75, 3.05) is 71.6 Å². The van der Waals surface area contributed by atoms with Crippen molar-refractivity contribution >= 4 is 11.5 Å². The largest absolute Gasteiger partial charge is 0.493 e. The zero-order valence-corrected chi connectivity index (χ0v) is 20.0. The second-order valence-electron chi connectivity index (χ2n) is 8.29. The topological polar surface area (TPSA) is 76.6 Å². The van der Waals surface area contributed by atoms with E-state index in [0.717, 1.165) is 82.7 Å². The number of anilines is 1. The van der Waals surface area contributed by atoms with E-state index >= 15 is 0 Å². The maximum absolute atomic E-state index is 6.01. The number of nitrogens with zero attached hydrogens (tertiary/aromatic N) is 2. The van der Waals surface area contributed by atoms with Gasteiger partial charge in [0.1, 0.15) is 12.4 Å². The third-order valence-corrected chi connectivity index (χ3v) is 5.76. The van der Waals surface area contributed by atoms with E-state index in [1.165, 1.54) is 0 Å². The Kier molecular flexibility index (Phi) is 10.5. The number of morpholine rings is 1. The molecule has 2 aliphatic rings. The highest BCUT2D eigenvalue weighted by Crippen LogP contribution is 2.30. The molecule has 2 N–H and O–H groups in total. The molecule has 3 rings (SSSR count). The van der Waals surface area contributed by atoms with Crippen LogP contribution in [0.1, 0.15) is 19.8 Å². The molecule has 2 aliphatic heterocycles. The maximum atomic E-state index is 6.01. The maximum Gasteiger partial charge on any atom is 0.163 e. The Labute approximate surface area is 197 Å². The zero-order valence-electron chi connectivity index (χ0n) is 20.0. The molecule has 1 aromatic carbocycles. The Balaban J connectivity index is 1.45. The van der Waals surface area contributed by atoms with Crippen LogP contribution < -0.4 is 20.1 Å². The molecule has 0 aliphatic carbocycles. The van der Waals surface area contributed by atoms with E-state index in [1.54, 1.807) is 13.3 Å². The van der Waals surface area contributed by atoms with Crippen molar-refractivity contribution in [3.8, 4) is 11.5 Å². The van der Waals surface area contributed by atoms with Gasteiger partial charge >= 0.3 is 0 Å². The summed E-state index contributed by atoms with van der Waals surface area (Å²) in [5.41, 5.74) is 1.75. The van der Waals surface area contributed by atoms with Crippen LogP contribution in [-0.2, 0) is 9.47 Å². The predicted molar refractivity (Wildman–Crippen MR) is 132 cm³/mol. The Hall–Kier alpha value is -2.55. The second kappa shape index (κ2) is 13.9. The van der Waals surface area contributed by atoms with Crippen LogP contribution in [0.5, 0.6) is 11.5 Å². The van der Waals surface area contributed by atoms with Gasteiger partial charge in [0.05, 0.1) is 20.3 Å². The van der Waals surface area contributed by atoms with E-state index in [9.17, 15) is 0 Å². The van der Waals surface area contributed by atoms with Crippen molar-refractivity contribution in [2.24, 2.45) is 10.9 Å². The molecule has 33 heavy (non-hydrogen) atoms. The summed E-state index contributed by atoms with van der Waals surface area (Å²) in [5.74, 6) is 2.85. The van der Waals surface area contributed by atoms with Crippen molar-refractivity contribution in [3.63, 3.8) is 0 Å². The molecular formula is C25H38N4O4. The van der Waals surface area contributed by atoms with E-state index in [0.29, 0.717) is 24.0 Å². The summed E-state index contributed by atoms with van der Waals surface area (Å²) >= 11 is 0. The van der Waals surface area contributed by atoms with Gasteiger partial charge in [-0.05, 0) is 43.9 Å². The molecule has 0 bridgehead atoms. The lowest BCUT2D eigenvalue weighted by atomic mass is 10.0. The first kappa shape index (κ1) is 25.1. The van der Waals surface area contributed by atoms with Crippen molar-refractivity contribution in [3.05, 3.63) is 42.8 Å². The van der Waals surface area contributed by atoms with E-state index in [2.05, 4.69) is 27.1 Å². The third-order valence-electron chi connectivity index (χ3n) is 5.76. The number of hydrogen-bond acceptors (Lipinski definition) is 7. The minimum absolute atomic E-state index is 0.596. The average Bonchev–Trinajstić information content (AvgIpc) is 2.84. The number of hydrogen-bond donors (Lipinski definition) is 2. The first-order valence-electron chi connectivity index (χ1n) is 11.7. The first-order valence-corrected chi connectivity index (χ1v) is 11.7. The number of rotatable bonds is 11. The van der Waals surface area contributed by atoms with Crippen LogP contribution in [0.15, 0.2) is 47.7 Å². The summed E-state index contributed by atoms with van der Waals surface area (Å²) in [4.78, 5) is 6.80. The van der Waals surface area contributed by atoms with Crippen molar-refractivity contribution < 1.29 is 18.9 Å². The number of aliphatic imine (C=N–C) groups is 1. The van der Waals surface area contributed by atoms with Crippen molar-refractivity contribution in [1.29, 1.82) is 0 Å². The summed E-state index contributed by atoms with van der Waals surface area (Å²) in [7, 11) is 1.65. The van der Waals surface area contributed by atoms with Crippen LogP contribution >= 0.6 is 0 Å². The van der Waals surface area contributed by atoms with Crippen LogP contribution in [0.25, 0.3) is 0 Å². The standard InChI is InChI=1S/C25H38N4O4/c1-20(27-19-22-7-13-31-14-8-22)6-9-26-21(2)28-23-4-5-24(30-3)25(18-23)33-17-12-29-10-15-32-16-11-29/h4-6,9,18,22,27H,1,7-8,10-17,19H2,2-3H3,(H,26,28)/b9-6-. The van der Waals surface area contributed by atoms with Crippen LogP contribution in [0, 0.1) is 5.92 Å². The molecule has 0 amide bonds. The quantitative estimate of drug-likeness (QED) is 0.299. The number of amidine groups is 1. The fourth-order valence-electron chi connectivity index (χ4n) is 3.74. The van der Waals surface area contributed by atoms with Gasteiger partial charge < -0.3 is 29.6 Å². The first-order chi connectivity index (χ1) is 16.1. The lowest BCUT2D eigenvalue weighted by Gasteiger charge is -2.26. The van der Waals surface area contributed by atoms with Gasteiger partial charge in [0, 0.05) is 63.0 Å². The molecule has 1 aromatic rings. The SMILES string of the molecule is C=C(/C=C\N=C(/C)Nc1ccc(OC)c(OCCN2CCOCC2)c1)NCC1CCOCC1. The number of allylic oxidation sites excluding steroid dienone is 1. The van der Waals surface area contributed by atoms with E-state index in [-0.39, 0.29) is 0 Å². The highest BCUT2D eigenvalue weighted by atomic mass is 16.5. The van der Waals surface area contributed by atoms with E-state index < -0.39 is 0 Å². The predicted octanol–water partition coefficient (Wildman–Crippen LogP) is 3.28. The van der Waals surface area contributed by atoms with Gasteiger partial charge in [0.2, 0.25) is 0 Å². The Bertz CT molecular complexity index is 800. The summed E-state index contributed by atoms with van der Waals surface area (Å²) in [5, 5.41) is 6.67. The Morgan fingerprint density at radius 2 is 1.94 bits per heavy atom. The minimum Gasteiger partial charge on any atom is -0.493 e. The normalized spacial score (nSPS) is 18.3. The molecule has 182 valence electrons. The Morgan fingerprint density at radius 3 is 2.70 bits per heavy atom. The van der Waals surface area contributed by atoms with Gasteiger partial charge in [0.15, 0.2) is 11.5 Å². The minimum atomic E-state index is 0.596. The van der Waals surface area contributed by atoms with Gasteiger partial charge in [-0.15, -0.1) is 0 Å². The number of benzene rings is 1. The van der Waals surface area contributed by atoms with Gasteiger partial charge in [-0.2, -0.15) is 0 Å². The second-order valence-corrected chi connectivity index (χ2v) is 8.29. The zero-order chi connectivity index (χ0) is 23.3. The van der Waals surface area contributed by atoms with Crippen LogP contribution in [0.3, 0.4) is 0 Å². The number of nitrogens with one attached hydrogen (secondary N) is 2. The molecule has 0 saturated carbocycles. The molecule has 8 heteroatoms. The molecular weight excluding hydrogens is 420 g/mol. The van der Waals surface area contributed by atoms with Crippen LogP contribution in [-0.4, -0.2) is 77.1 Å². The molecule has 2 heterocycles. The van der Waals surface area contributed by atoms with E-state index in [1.807, 2.05) is 31.2 Å². The summed E-state index contributed by atoms with van der Waals surface area (Å²) in [6, 6.07) is 5.79. The number of methoxy groups -OCH3 is 1. The van der Waals surface area contributed by atoms with Crippen LogP contribution in [0.4, 0.5) is 5.69 Å². The van der Waals surface area contributed by atoms with Crippen molar-refractivity contribution in [1.82, 2.24) is 10.2 Å². The highest BCUT2D eigenvalue weighted by molar-refractivity contribution is 5.94. The molecule has 8 nitrogen and oxygen atoms in total. The van der Waals surface area contributed by atoms with Gasteiger partial charge in [-0.25, -0.2) is 4.99 Å².